The van der Waals surface area contributed by atoms with Gasteiger partial charge in [-0.25, -0.2) is 0 Å². The van der Waals surface area contributed by atoms with Crippen molar-refractivity contribution >= 4 is 34.9 Å². The summed E-state index contributed by atoms with van der Waals surface area (Å²) < 4.78 is 1.75. The van der Waals surface area contributed by atoms with Crippen LogP contribution >= 0.6 is 34.9 Å². The van der Waals surface area contributed by atoms with Crippen LogP contribution < -0.4 is 0 Å². The molecule has 0 spiro atoms. The van der Waals surface area contributed by atoms with Crippen molar-refractivity contribution in [3.8, 4) is 6.07 Å². The SMILES string of the molecule is CSc1nnc(Sc2cnccc2C#N)s1. The van der Waals surface area contributed by atoms with E-state index in [9.17, 15) is 0 Å². The van der Waals surface area contributed by atoms with Crippen LogP contribution in [0.3, 0.4) is 0 Å². The number of nitriles is 1. The Bertz CT molecular complexity index is 532. The highest BCUT2D eigenvalue weighted by Gasteiger charge is 2.08. The molecule has 0 saturated carbocycles. The average Bonchev–Trinajstić information content (AvgIpc) is 2.77. The van der Waals surface area contributed by atoms with Crippen LogP contribution in [0, 0.1) is 11.3 Å². The zero-order chi connectivity index (χ0) is 11.4. The Morgan fingerprint density at radius 2 is 2.19 bits per heavy atom. The first-order valence-corrected chi connectivity index (χ1v) is 7.08. The van der Waals surface area contributed by atoms with Gasteiger partial charge in [-0.1, -0.05) is 34.9 Å². The van der Waals surface area contributed by atoms with Crippen molar-refractivity contribution in [2.45, 2.75) is 13.6 Å². The molecule has 0 fully saturated rings. The molecule has 0 aliphatic carbocycles. The minimum Gasteiger partial charge on any atom is -0.263 e. The Labute approximate surface area is 105 Å². The topological polar surface area (TPSA) is 62.5 Å². The van der Waals surface area contributed by atoms with Crippen molar-refractivity contribution in [1.82, 2.24) is 15.2 Å². The zero-order valence-corrected chi connectivity index (χ0v) is 10.7. The molecule has 4 nitrogen and oxygen atoms in total. The van der Waals surface area contributed by atoms with Gasteiger partial charge in [-0.05, 0) is 12.3 Å². The van der Waals surface area contributed by atoms with Gasteiger partial charge in [0.15, 0.2) is 8.68 Å². The van der Waals surface area contributed by atoms with E-state index in [-0.39, 0.29) is 0 Å². The van der Waals surface area contributed by atoms with Crippen molar-refractivity contribution in [1.29, 1.82) is 5.26 Å². The molecule has 0 aliphatic rings. The summed E-state index contributed by atoms with van der Waals surface area (Å²) in [7, 11) is 0. The molecule has 0 aliphatic heterocycles. The third-order valence-corrected chi connectivity index (χ3v) is 4.66. The molecular weight excluding hydrogens is 260 g/mol. The van der Waals surface area contributed by atoms with Crippen LogP contribution in [-0.2, 0) is 0 Å². The lowest BCUT2D eigenvalue weighted by atomic mass is 10.3. The van der Waals surface area contributed by atoms with Crippen LogP contribution in [0.1, 0.15) is 5.56 Å². The molecule has 2 aromatic rings. The summed E-state index contributed by atoms with van der Waals surface area (Å²) in [6, 6.07) is 3.82. The minimum absolute atomic E-state index is 0.612. The molecule has 0 bridgehead atoms. The smallest absolute Gasteiger partial charge is 0.179 e. The minimum atomic E-state index is 0.612. The van der Waals surface area contributed by atoms with Crippen molar-refractivity contribution in [3.05, 3.63) is 24.0 Å². The van der Waals surface area contributed by atoms with E-state index in [1.165, 1.54) is 23.1 Å². The average molecular weight is 266 g/mol. The van der Waals surface area contributed by atoms with E-state index in [0.29, 0.717) is 5.56 Å². The maximum atomic E-state index is 8.92. The molecule has 0 atom stereocenters. The van der Waals surface area contributed by atoms with Gasteiger partial charge in [0, 0.05) is 12.4 Å². The van der Waals surface area contributed by atoms with E-state index in [1.807, 2.05) is 6.26 Å². The van der Waals surface area contributed by atoms with Crippen molar-refractivity contribution in [3.63, 3.8) is 0 Å². The van der Waals surface area contributed by atoms with Gasteiger partial charge in [0.25, 0.3) is 0 Å². The molecule has 16 heavy (non-hydrogen) atoms. The number of pyridine rings is 1. The van der Waals surface area contributed by atoms with Crippen molar-refractivity contribution in [2.75, 3.05) is 6.26 Å². The lowest BCUT2D eigenvalue weighted by Gasteiger charge is -1.97. The maximum Gasteiger partial charge on any atom is 0.179 e. The van der Waals surface area contributed by atoms with E-state index in [0.717, 1.165) is 13.6 Å². The van der Waals surface area contributed by atoms with Crippen molar-refractivity contribution in [2.24, 2.45) is 0 Å². The molecule has 0 unspecified atom stereocenters. The van der Waals surface area contributed by atoms with E-state index in [4.69, 9.17) is 5.26 Å². The summed E-state index contributed by atoms with van der Waals surface area (Å²) in [6.07, 6.45) is 5.24. The van der Waals surface area contributed by atoms with Crippen LogP contribution in [0.15, 0.2) is 32.0 Å². The highest BCUT2D eigenvalue weighted by atomic mass is 32.2. The molecule has 2 rings (SSSR count). The third kappa shape index (κ3) is 2.52. The Hall–Kier alpha value is -1.10. The third-order valence-electron chi connectivity index (χ3n) is 1.66. The van der Waals surface area contributed by atoms with Gasteiger partial charge in [0.05, 0.1) is 10.5 Å². The zero-order valence-electron chi connectivity index (χ0n) is 8.25. The van der Waals surface area contributed by atoms with Gasteiger partial charge in [-0.2, -0.15) is 5.26 Å². The summed E-state index contributed by atoms with van der Waals surface area (Å²) in [5, 5.41) is 16.9. The second kappa shape index (κ2) is 5.30. The van der Waals surface area contributed by atoms with Gasteiger partial charge < -0.3 is 0 Å². The molecule has 0 saturated heterocycles. The maximum absolute atomic E-state index is 8.92. The molecule has 0 N–H and O–H groups in total. The standard InChI is InChI=1S/C9H6N4S3/c1-14-8-12-13-9(16-8)15-7-5-11-3-2-6(7)4-10/h2-3,5H,1H3. The lowest BCUT2D eigenvalue weighted by Crippen LogP contribution is -1.82. The van der Waals surface area contributed by atoms with Crippen LogP contribution in [0.25, 0.3) is 0 Å². The summed E-state index contributed by atoms with van der Waals surface area (Å²) >= 11 is 4.50. The Morgan fingerprint density at radius 3 is 2.88 bits per heavy atom. The second-order valence-corrected chi connectivity index (χ2v) is 5.94. The predicted octanol–water partition coefficient (Wildman–Crippen LogP) is 2.68. The number of hydrogen-bond acceptors (Lipinski definition) is 7. The van der Waals surface area contributed by atoms with Gasteiger partial charge in [-0.15, -0.1) is 10.2 Å². The summed E-state index contributed by atoms with van der Waals surface area (Å²) in [5.41, 5.74) is 0.612. The van der Waals surface area contributed by atoms with E-state index in [2.05, 4.69) is 21.3 Å². The normalized spacial score (nSPS) is 10.0. The molecule has 2 heterocycles. The van der Waals surface area contributed by atoms with Gasteiger partial charge in [-0.3, -0.25) is 4.98 Å². The van der Waals surface area contributed by atoms with Gasteiger partial charge in [0.2, 0.25) is 0 Å². The molecule has 0 amide bonds. The molecule has 0 radical (unpaired) electrons. The summed E-state index contributed by atoms with van der Waals surface area (Å²) in [5.74, 6) is 0. The van der Waals surface area contributed by atoms with Crippen LogP contribution in [-0.4, -0.2) is 21.4 Å². The number of hydrogen-bond donors (Lipinski definition) is 0. The fraction of sp³-hybridized carbons (Fsp3) is 0.111. The van der Waals surface area contributed by atoms with Crippen LogP contribution in [0.2, 0.25) is 0 Å². The first kappa shape index (κ1) is 11.4. The van der Waals surface area contributed by atoms with Crippen LogP contribution in [0.4, 0.5) is 0 Å². The fourth-order valence-electron chi connectivity index (χ4n) is 0.969. The number of nitrogens with zero attached hydrogens (tertiary/aromatic N) is 4. The molecule has 7 heteroatoms. The lowest BCUT2D eigenvalue weighted by molar-refractivity contribution is 0.955. The monoisotopic (exact) mass is 266 g/mol. The Balaban J connectivity index is 2.24. The highest BCUT2D eigenvalue weighted by molar-refractivity contribution is 8.03. The predicted molar refractivity (Wildman–Crippen MR) is 64.8 cm³/mol. The number of rotatable bonds is 3. The van der Waals surface area contributed by atoms with Gasteiger partial charge in [0.1, 0.15) is 6.07 Å². The van der Waals surface area contributed by atoms with E-state index >= 15 is 0 Å². The van der Waals surface area contributed by atoms with Crippen molar-refractivity contribution < 1.29 is 0 Å². The van der Waals surface area contributed by atoms with Gasteiger partial charge >= 0.3 is 0 Å². The molecular formula is C9H6N4S3. The van der Waals surface area contributed by atoms with E-state index < -0.39 is 0 Å². The number of aromatic nitrogens is 3. The first-order valence-electron chi connectivity index (χ1n) is 4.23. The fourth-order valence-corrected chi connectivity index (χ4v) is 3.41. The van der Waals surface area contributed by atoms with Crippen LogP contribution in [0.5, 0.6) is 0 Å². The highest BCUT2D eigenvalue weighted by Crippen LogP contribution is 2.33. The molecule has 2 aromatic heterocycles. The number of thioether (sulfide) groups is 1. The molecule has 80 valence electrons. The second-order valence-electron chi connectivity index (χ2n) is 2.62. The summed E-state index contributed by atoms with van der Waals surface area (Å²) in [6.45, 7) is 0. The quantitative estimate of drug-likeness (QED) is 0.796. The first-order chi connectivity index (χ1) is 7.83. The molecule has 0 aromatic carbocycles. The summed E-state index contributed by atoms with van der Waals surface area (Å²) in [4.78, 5) is 4.81. The Morgan fingerprint density at radius 1 is 1.38 bits per heavy atom. The largest absolute Gasteiger partial charge is 0.263 e. The van der Waals surface area contributed by atoms with E-state index in [1.54, 1.807) is 30.2 Å². The Kier molecular flexibility index (Phi) is 3.77.